The van der Waals surface area contributed by atoms with Gasteiger partial charge in [0.25, 0.3) is 0 Å². The Balaban J connectivity index is 2.43. The van der Waals surface area contributed by atoms with Gasteiger partial charge in [-0.05, 0) is 54.3 Å². The van der Waals surface area contributed by atoms with Gasteiger partial charge in [0, 0.05) is 12.4 Å². The molecule has 1 aromatic heterocycles. The van der Waals surface area contributed by atoms with Crippen LogP contribution in [0.5, 0.6) is 0 Å². The van der Waals surface area contributed by atoms with Crippen molar-refractivity contribution in [3.8, 4) is 0 Å². The lowest BCUT2D eigenvalue weighted by Gasteiger charge is -2.15. The monoisotopic (exact) mass is 230 g/mol. The second-order valence-electron chi connectivity index (χ2n) is 4.27. The Bertz CT molecular complexity index is 517. The van der Waals surface area contributed by atoms with Crippen LogP contribution < -0.4 is 5.73 Å². The van der Waals surface area contributed by atoms with Gasteiger partial charge < -0.3 is 5.73 Å². The van der Waals surface area contributed by atoms with Crippen molar-refractivity contribution in [3.05, 3.63) is 64.7 Å². The molecule has 0 amide bonds. The summed E-state index contributed by atoms with van der Waals surface area (Å²) in [5.74, 6) is -0.248. The Morgan fingerprint density at radius 1 is 1.24 bits per heavy atom. The summed E-state index contributed by atoms with van der Waals surface area (Å²) < 4.78 is 13.3. The minimum absolute atomic E-state index is 0.248. The average molecular weight is 230 g/mol. The normalized spacial score (nSPS) is 12.5. The molecule has 17 heavy (non-hydrogen) atoms. The van der Waals surface area contributed by atoms with E-state index in [2.05, 4.69) is 4.98 Å². The number of hydrogen-bond donors (Lipinski definition) is 1. The quantitative estimate of drug-likeness (QED) is 0.861. The largest absolute Gasteiger partial charge is 0.320 e. The molecule has 88 valence electrons. The number of rotatable bonds is 2. The lowest BCUT2D eigenvalue weighted by atomic mass is 9.96. The average Bonchev–Trinajstić information content (AvgIpc) is 2.27. The minimum atomic E-state index is -0.313. The third kappa shape index (κ3) is 2.50. The maximum absolute atomic E-state index is 13.3. The standard InChI is InChI=1S/C14H15FN2/c1-9-5-11(7-12(15)6-9)14(16)13-3-4-17-8-10(13)2/h3-8,14H,16H2,1-2H3. The zero-order chi connectivity index (χ0) is 12.4. The highest BCUT2D eigenvalue weighted by atomic mass is 19.1. The molecule has 0 aliphatic heterocycles. The summed E-state index contributed by atoms with van der Waals surface area (Å²) in [6.07, 6.45) is 3.47. The summed E-state index contributed by atoms with van der Waals surface area (Å²) >= 11 is 0. The Labute approximate surface area is 100 Å². The van der Waals surface area contributed by atoms with Gasteiger partial charge >= 0.3 is 0 Å². The highest BCUT2D eigenvalue weighted by molar-refractivity contribution is 5.36. The van der Waals surface area contributed by atoms with Crippen molar-refractivity contribution in [2.45, 2.75) is 19.9 Å². The van der Waals surface area contributed by atoms with Gasteiger partial charge in [-0.15, -0.1) is 0 Å². The van der Waals surface area contributed by atoms with Crippen LogP contribution in [0.15, 0.2) is 36.7 Å². The van der Waals surface area contributed by atoms with Crippen LogP contribution in [0, 0.1) is 19.7 Å². The summed E-state index contributed by atoms with van der Waals surface area (Å²) in [7, 11) is 0. The van der Waals surface area contributed by atoms with Gasteiger partial charge in [-0.1, -0.05) is 6.07 Å². The maximum Gasteiger partial charge on any atom is 0.123 e. The van der Waals surface area contributed by atoms with Crippen LogP contribution >= 0.6 is 0 Å². The molecule has 2 aromatic rings. The fraction of sp³-hybridized carbons (Fsp3) is 0.214. The van der Waals surface area contributed by atoms with E-state index < -0.39 is 0 Å². The third-order valence-corrected chi connectivity index (χ3v) is 2.82. The molecule has 0 spiro atoms. The van der Waals surface area contributed by atoms with Crippen LogP contribution in [0.1, 0.15) is 28.3 Å². The van der Waals surface area contributed by atoms with Crippen molar-refractivity contribution in [1.82, 2.24) is 4.98 Å². The molecule has 2 rings (SSSR count). The van der Waals surface area contributed by atoms with E-state index in [1.165, 1.54) is 12.1 Å². The first-order valence-corrected chi connectivity index (χ1v) is 5.51. The van der Waals surface area contributed by atoms with E-state index in [9.17, 15) is 4.39 Å². The lowest BCUT2D eigenvalue weighted by molar-refractivity contribution is 0.622. The number of hydrogen-bond acceptors (Lipinski definition) is 2. The Hall–Kier alpha value is -1.74. The smallest absolute Gasteiger partial charge is 0.123 e. The molecule has 0 aliphatic carbocycles. The molecule has 0 fully saturated rings. The van der Waals surface area contributed by atoms with Crippen LogP contribution in [0.4, 0.5) is 4.39 Å². The lowest BCUT2D eigenvalue weighted by Crippen LogP contribution is -2.13. The molecule has 1 heterocycles. The van der Waals surface area contributed by atoms with Crippen molar-refractivity contribution in [2.75, 3.05) is 0 Å². The van der Waals surface area contributed by atoms with Crippen molar-refractivity contribution >= 4 is 0 Å². The van der Waals surface area contributed by atoms with Gasteiger partial charge in [0.15, 0.2) is 0 Å². The summed E-state index contributed by atoms with van der Waals surface area (Å²) in [4.78, 5) is 4.03. The van der Waals surface area contributed by atoms with Gasteiger partial charge in [0.05, 0.1) is 6.04 Å². The molecule has 0 aliphatic rings. The first-order valence-electron chi connectivity index (χ1n) is 5.51. The molecule has 0 bridgehead atoms. The molecule has 3 heteroatoms. The van der Waals surface area contributed by atoms with Gasteiger partial charge in [0.1, 0.15) is 5.82 Å². The van der Waals surface area contributed by atoms with E-state index in [1.54, 1.807) is 12.4 Å². The van der Waals surface area contributed by atoms with Crippen LogP contribution in [0.2, 0.25) is 0 Å². The number of nitrogens with zero attached hydrogens (tertiary/aromatic N) is 1. The zero-order valence-electron chi connectivity index (χ0n) is 9.94. The predicted octanol–water partition coefficient (Wildman–Crippen LogP) is 2.89. The molecular weight excluding hydrogens is 215 g/mol. The molecule has 0 saturated heterocycles. The van der Waals surface area contributed by atoms with Crippen molar-refractivity contribution in [3.63, 3.8) is 0 Å². The van der Waals surface area contributed by atoms with Gasteiger partial charge in [-0.25, -0.2) is 4.39 Å². The SMILES string of the molecule is Cc1cc(F)cc(C(N)c2ccncc2C)c1. The zero-order valence-corrected chi connectivity index (χ0v) is 9.94. The predicted molar refractivity (Wildman–Crippen MR) is 66.1 cm³/mol. The third-order valence-electron chi connectivity index (χ3n) is 2.82. The van der Waals surface area contributed by atoms with Gasteiger partial charge in [-0.3, -0.25) is 4.98 Å². The van der Waals surface area contributed by atoms with E-state index in [1.807, 2.05) is 26.0 Å². The summed E-state index contributed by atoms with van der Waals surface area (Å²) in [6, 6.07) is 6.45. The van der Waals surface area contributed by atoms with Crippen molar-refractivity contribution < 1.29 is 4.39 Å². The number of aromatic nitrogens is 1. The van der Waals surface area contributed by atoms with E-state index in [0.29, 0.717) is 0 Å². The fourth-order valence-corrected chi connectivity index (χ4v) is 1.96. The summed E-state index contributed by atoms with van der Waals surface area (Å²) in [5.41, 5.74) is 9.82. The molecule has 2 nitrogen and oxygen atoms in total. The fourth-order valence-electron chi connectivity index (χ4n) is 1.96. The molecule has 1 atom stereocenters. The molecular formula is C14H15FN2. The first kappa shape index (κ1) is 11.7. The van der Waals surface area contributed by atoms with Crippen LogP contribution in [0.3, 0.4) is 0 Å². The van der Waals surface area contributed by atoms with Crippen LogP contribution in [0.25, 0.3) is 0 Å². The molecule has 2 N–H and O–H groups in total. The second kappa shape index (κ2) is 4.63. The van der Waals surface area contributed by atoms with E-state index in [4.69, 9.17) is 5.73 Å². The molecule has 0 saturated carbocycles. The molecule has 1 unspecified atom stereocenters. The molecule has 0 radical (unpaired) electrons. The van der Waals surface area contributed by atoms with Gasteiger partial charge in [-0.2, -0.15) is 0 Å². The van der Waals surface area contributed by atoms with E-state index >= 15 is 0 Å². The minimum Gasteiger partial charge on any atom is -0.320 e. The van der Waals surface area contributed by atoms with Crippen LogP contribution in [-0.4, -0.2) is 4.98 Å². The number of benzene rings is 1. The topological polar surface area (TPSA) is 38.9 Å². The van der Waals surface area contributed by atoms with Crippen molar-refractivity contribution in [2.24, 2.45) is 5.73 Å². The number of nitrogens with two attached hydrogens (primary N) is 1. The number of pyridine rings is 1. The Morgan fingerprint density at radius 3 is 2.65 bits per heavy atom. The van der Waals surface area contributed by atoms with Gasteiger partial charge in [0.2, 0.25) is 0 Å². The molecule has 1 aromatic carbocycles. The summed E-state index contributed by atoms with van der Waals surface area (Å²) in [6.45, 7) is 3.81. The van der Waals surface area contributed by atoms with Crippen LogP contribution in [-0.2, 0) is 0 Å². The second-order valence-corrected chi connectivity index (χ2v) is 4.27. The summed E-state index contributed by atoms with van der Waals surface area (Å²) in [5, 5.41) is 0. The maximum atomic E-state index is 13.3. The number of halogens is 1. The Morgan fingerprint density at radius 2 is 2.00 bits per heavy atom. The Kier molecular flexibility index (Phi) is 3.20. The van der Waals surface area contributed by atoms with Crippen molar-refractivity contribution in [1.29, 1.82) is 0 Å². The highest BCUT2D eigenvalue weighted by Gasteiger charge is 2.12. The van der Waals surface area contributed by atoms with E-state index in [-0.39, 0.29) is 11.9 Å². The highest BCUT2D eigenvalue weighted by Crippen LogP contribution is 2.23. The number of aryl methyl sites for hydroxylation is 2. The van der Waals surface area contributed by atoms with E-state index in [0.717, 1.165) is 22.3 Å². The first-order chi connectivity index (χ1) is 8.08.